The van der Waals surface area contributed by atoms with Gasteiger partial charge < -0.3 is 19.9 Å². The molecule has 6 nitrogen and oxygen atoms in total. The maximum Gasteiger partial charge on any atom is 0.303 e. The molecule has 0 aliphatic heterocycles. The molecule has 1 aromatic rings. The summed E-state index contributed by atoms with van der Waals surface area (Å²) in [5, 5.41) is 11.4. The molecule has 0 unspecified atom stereocenters. The highest BCUT2D eigenvalue weighted by atomic mass is 16.5. The van der Waals surface area contributed by atoms with Crippen molar-refractivity contribution < 1.29 is 24.2 Å². The van der Waals surface area contributed by atoms with Gasteiger partial charge in [-0.25, -0.2) is 0 Å². The molecule has 0 saturated carbocycles. The molecule has 0 saturated heterocycles. The molecule has 0 spiro atoms. The van der Waals surface area contributed by atoms with Crippen LogP contribution in [0.4, 0.5) is 0 Å². The molecule has 128 valence electrons. The summed E-state index contributed by atoms with van der Waals surface area (Å²) in [5.41, 5.74) is 0.481. The van der Waals surface area contributed by atoms with Crippen LogP contribution in [-0.2, 0) is 4.79 Å². The van der Waals surface area contributed by atoms with Crippen LogP contribution in [0.15, 0.2) is 18.2 Å². The fraction of sp³-hybridized carbons (Fsp3) is 0.529. The van der Waals surface area contributed by atoms with Gasteiger partial charge in [-0.05, 0) is 25.0 Å². The third kappa shape index (κ3) is 7.04. The second-order valence-corrected chi connectivity index (χ2v) is 5.23. The van der Waals surface area contributed by atoms with Crippen molar-refractivity contribution in [2.45, 2.75) is 38.5 Å². The summed E-state index contributed by atoms with van der Waals surface area (Å²) in [6.07, 6.45) is 4.68. The molecule has 0 radical (unpaired) electrons. The summed E-state index contributed by atoms with van der Waals surface area (Å²) in [5.74, 6) is 0.205. The largest absolute Gasteiger partial charge is 0.497 e. The van der Waals surface area contributed by atoms with Crippen LogP contribution < -0.4 is 14.8 Å². The van der Waals surface area contributed by atoms with Crippen molar-refractivity contribution in [3.63, 3.8) is 0 Å². The van der Waals surface area contributed by atoms with E-state index in [0.717, 1.165) is 25.7 Å². The second-order valence-electron chi connectivity index (χ2n) is 5.23. The highest BCUT2D eigenvalue weighted by Crippen LogP contribution is 2.24. The maximum atomic E-state index is 12.1. The average molecular weight is 323 g/mol. The fourth-order valence-corrected chi connectivity index (χ4v) is 2.21. The Bertz CT molecular complexity index is 516. The zero-order chi connectivity index (χ0) is 17.1. The molecule has 0 atom stereocenters. The number of hydrogen-bond acceptors (Lipinski definition) is 4. The van der Waals surface area contributed by atoms with E-state index < -0.39 is 5.97 Å². The third-order valence-electron chi connectivity index (χ3n) is 3.51. The van der Waals surface area contributed by atoms with Gasteiger partial charge in [0.2, 0.25) is 0 Å². The Morgan fingerprint density at radius 2 is 1.74 bits per heavy atom. The van der Waals surface area contributed by atoms with Crippen LogP contribution in [0, 0.1) is 0 Å². The van der Waals surface area contributed by atoms with Gasteiger partial charge in [-0.3, -0.25) is 9.59 Å². The number of benzene rings is 1. The van der Waals surface area contributed by atoms with Gasteiger partial charge in [-0.15, -0.1) is 0 Å². The molecule has 1 aromatic carbocycles. The highest BCUT2D eigenvalue weighted by Gasteiger charge is 2.12. The Balaban J connectivity index is 2.28. The number of carboxylic acids is 1. The van der Waals surface area contributed by atoms with E-state index >= 15 is 0 Å². The Kier molecular flexibility index (Phi) is 8.57. The van der Waals surface area contributed by atoms with Crippen LogP contribution in [0.25, 0.3) is 0 Å². The monoisotopic (exact) mass is 323 g/mol. The van der Waals surface area contributed by atoms with E-state index in [4.69, 9.17) is 14.6 Å². The predicted molar refractivity (Wildman–Crippen MR) is 87.2 cm³/mol. The summed E-state index contributed by atoms with van der Waals surface area (Å²) in [6, 6.07) is 5.08. The molecule has 2 N–H and O–H groups in total. The third-order valence-corrected chi connectivity index (χ3v) is 3.51. The number of hydrogen-bond donors (Lipinski definition) is 2. The lowest BCUT2D eigenvalue weighted by molar-refractivity contribution is -0.137. The maximum absolute atomic E-state index is 12.1. The van der Waals surface area contributed by atoms with Gasteiger partial charge >= 0.3 is 5.97 Å². The van der Waals surface area contributed by atoms with E-state index in [9.17, 15) is 9.59 Å². The molecular formula is C17H25NO5. The lowest BCUT2D eigenvalue weighted by atomic mass is 10.1. The first-order valence-electron chi connectivity index (χ1n) is 7.80. The van der Waals surface area contributed by atoms with Gasteiger partial charge in [-0.1, -0.05) is 19.3 Å². The lowest BCUT2D eigenvalue weighted by Gasteiger charge is -2.10. The number of amides is 1. The minimum atomic E-state index is -0.745. The number of carbonyl (C=O) groups is 2. The number of nitrogens with one attached hydrogen (secondary N) is 1. The summed E-state index contributed by atoms with van der Waals surface area (Å²) in [6.45, 7) is 0.590. The van der Waals surface area contributed by atoms with Crippen molar-refractivity contribution in [2.75, 3.05) is 20.8 Å². The van der Waals surface area contributed by atoms with Gasteiger partial charge in [0.05, 0.1) is 19.8 Å². The number of methoxy groups -OCH3 is 2. The van der Waals surface area contributed by atoms with Gasteiger partial charge in [0.15, 0.2) is 0 Å². The fourth-order valence-electron chi connectivity index (χ4n) is 2.21. The molecule has 0 heterocycles. The van der Waals surface area contributed by atoms with E-state index in [-0.39, 0.29) is 12.3 Å². The van der Waals surface area contributed by atoms with Crippen LogP contribution in [-0.4, -0.2) is 37.7 Å². The van der Waals surface area contributed by atoms with Crippen molar-refractivity contribution in [3.8, 4) is 11.5 Å². The Labute approximate surface area is 136 Å². The standard InChI is InChI=1S/C17H25NO5/c1-22-13-9-10-14(15(12-13)23-2)17(21)18-11-7-5-3-4-6-8-16(19)20/h9-10,12H,3-8,11H2,1-2H3,(H,18,21)(H,19,20). The Hall–Kier alpha value is -2.24. The first kappa shape index (κ1) is 18.8. The van der Waals surface area contributed by atoms with Crippen molar-refractivity contribution in [2.24, 2.45) is 0 Å². The first-order chi connectivity index (χ1) is 11.1. The smallest absolute Gasteiger partial charge is 0.303 e. The SMILES string of the molecule is COc1ccc(C(=O)NCCCCCCCC(=O)O)c(OC)c1. The van der Waals surface area contributed by atoms with Crippen molar-refractivity contribution >= 4 is 11.9 Å². The zero-order valence-corrected chi connectivity index (χ0v) is 13.8. The normalized spacial score (nSPS) is 10.2. The van der Waals surface area contributed by atoms with Crippen LogP contribution >= 0.6 is 0 Å². The number of aliphatic carboxylic acids is 1. The predicted octanol–water partition coefficient (Wildman–Crippen LogP) is 2.86. The van der Waals surface area contributed by atoms with E-state index in [0.29, 0.717) is 30.0 Å². The van der Waals surface area contributed by atoms with E-state index in [2.05, 4.69) is 5.32 Å². The van der Waals surface area contributed by atoms with Gasteiger partial charge in [-0.2, -0.15) is 0 Å². The van der Waals surface area contributed by atoms with Gasteiger partial charge in [0.25, 0.3) is 5.91 Å². The number of unbranched alkanes of at least 4 members (excludes halogenated alkanes) is 4. The quantitative estimate of drug-likeness (QED) is 0.612. The Morgan fingerprint density at radius 1 is 1.04 bits per heavy atom. The number of carbonyl (C=O) groups excluding carboxylic acids is 1. The summed E-state index contributed by atoms with van der Waals surface area (Å²) in [4.78, 5) is 22.5. The van der Waals surface area contributed by atoms with Crippen LogP contribution in [0.3, 0.4) is 0 Å². The zero-order valence-electron chi connectivity index (χ0n) is 13.8. The summed E-state index contributed by atoms with van der Waals surface area (Å²) < 4.78 is 10.3. The molecule has 0 fully saturated rings. The molecule has 23 heavy (non-hydrogen) atoms. The first-order valence-corrected chi connectivity index (χ1v) is 7.80. The average Bonchev–Trinajstić information content (AvgIpc) is 2.56. The molecule has 0 bridgehead atoms. The minimum Gasteiger partial charge on any atom is -0.497 e. The van der Waals surface area contributed by atoms with Crippen LogP contribution in [0.5, 0.6) is 11.5 Å². The van der Waals surface area contributed by atoms with Crippen LogP contribution in [0.1, 0.15) is 48.9 Å². The van der Waals surface area contributed by atoms with Crippen molar-refractivity contribution in [1.82, 2.24) is 5.32 Å². The summed E-state index contributed by atoms with van der Waals surface area (Å²) in [7, 11) is 3.08. The van der Waals surface area contributed by atoms with Crippen LogP contribution in [0.2, 0.25) is 0 Å². The van der Waals surface area contributed by atoms with Gasteiger partial charge in [0, 0.05) is 19.0 Å². The van der Waals surface area contributed by atoms with E-state index in [1.54, 1.807) is 25.3 Å². The van der Waals surface area contributed by atoms with E-state index in [1.165, 1.54) is 7.11 Å². The molecule has 0 aromatic heterocycles. The second kappa shape index (κ2) is 10.5. The molecule has 0 aliphatic rings. The topological polar surface area (TPSA) is 84.9 Å². The molecule has 0 aliphatic carbocycles. The highest BCUT2D eigenvalue weighted by molar-refractivity contribution is 5.97. The van der Waals surface area contributed by atoms with Crippen molar-refractivity contribution in [1.29, 1.82) is 0 Å². The number of carboxylic acid groups (broad SMARTS) is 1. The Morgan fingerprint density at radius 3 is 2.39 bits per heavy atom. The lowest BCUT2D eigenvalue weighted by Crippen LogP contribution is -2.24. The number of rotatable bonds is 11. The minimum absolute atomic E-state index is 0.171. The molecular weight excluding hydrogens is 298 g/mol. The number of ether oxygens (including phenoxy) is 2. The molecule has 6 heteroatoms. The molecule has 1 rings (SSSR count). The molecule has 1 amide bonds. The van der Waals surface area contributed by atoms with Gasteiger partial charge in [0.1, 0.15) is 11.5 Å². The van der Waals surface area contributed by atoms with Crippen molar-refractivity contribution in [3.05, 3.63) is 23.8 Å². The van der Waals surface area contributed by atoms with E-state index in [1.807, 2.05) is 0 Å². The summed E-state index contributed by atoms with van der Waals surface area (Å²) >= 11 is 0.